The minimum absolute atomic E-state index is 0.0266. The van der Waals surface area contributed by atoms with E-state index in [0.717, 1.165) is 0 Å². The molecule has 7 nitrogen and oxygen atoms in total. The molecule has 2 aliphatic heterocycles. The van der Waals surface area contributed by atoms with Crippen LogP contribution in [0, 0.1) is 17.1 Å². The minimum Gasteiger partial charge on any atom is -0.368 e. The van der Waals surface area contributed by atoms with Crippen LogP contribution in [0.1, 0.15) is 70.1 Å². The van der Waals surface area contributed by atoms with Gasteiger partial charge in [-0.2, -0.15) is 31.6 Å². The van der Waals surface area contributed by atoms with Crippen molar-refractivity contribution in [1.29, 1.82) is 5.26 Å². The van der Waals surface area contributed by atoms with Gasteiger partial charge in [-0.1, -0.05) is 12.1 Å². The molecule has 2 aliphatic rings. The van der Waals surface area contributed by atoms with Crippen LogP contribution in [-0.4, -0.2) is 46.4 Å². The van der Waals surface area contributed by atoms with E-state index < -0.39 is 65.4 Å². The van der Waals surface area contributed by atoms with Gasteiger partial charge in [-0.15, -0.1) is 0 Å². The zero-order chi connectivity index (χ0) is 32.7. The average Bonchev–Trinajstić information content (AvgIpc) is 3.34. The summed E-state index contributed by atoms with van der Waals surface area (Å²) in [6.07, 6.45) is -10.8. The predicted molar refractivity (Wildman–Crippen MR) is 144 cm³/mol. The molecular weight excluding hydrogens is 609 g/mol. The zero-order valence-electron chi connectivity index (χ0n) is 23.5. The number of piperidine rings is 1. The second-order valence-corrected chi connectivity index (χ2v) is 11.0. The number of nitrogens with zero attached hydrogens (tertiary/aromatic N) is 3. The maximum absolute atomic E-state index is 13.8. The van der Waals surface area contributed by atoms with Crippen LogP contribution in [0.3, 0.4) is 0 Å². The highest BCUT2D eigenvalue weighted by Crippen LogP contribution is 2.44. The van der Waals surface area contributed by atoms with Crippen molar-refractivity contribution < 1.29 is 45.1 Å². The number of carbonyl (C=O) groups is 2. The Balaban J connectivity index is 1.42. The van der Waals surface area contributed by atoms with Crippen molar-refractivity contribution >= 4 is 11.8 Å². The topological polar surface area (TPSA) is 95.3 Å². The maximum atomic E-state index is 13.8. The monoisotopic (exact) mass is 634 g/mol. The molecule has 14 heteroatoms. The third kappa shape index (κ3) is 6.93. The van der Waals surface area contributed by atoms with Crippen LogP contribution in [0.5, 0.6) is 0 Å². The quantitative estimate of drug-likeness (QED) is 0.328. The summed E-state index contributed by atoms with van der Waals surface area (Å²) in [5.74, 6) is -2.06. The lowest BCUT2D eigenvalue weighted by atomic mass is 9.84. The van der Waals surface area contributed by atoms with Crippen molar-refractivity contribution in [2.75, 3.05) is 6.54 Å². The van der Waals surface area contributed by atoms with Crippen molar-refractivity contribution in [3.8, 4) is 6.07 Å². The van der Waals surface area contributed by atoms with Gasteiger partial charge in [0.15, 0.2) is 0 Å². The Hall–Kier alpha value is -4.51. The van der Waals surface area contributed by atoms with Gasteiger partial charge in [-0.3, -0.25) is 9.59 Å². The Morgan fingerprint density at radius 3 is 2.24 bits per heavy atom. The van der Waals surface area contributed by atoms with E-state index in [9.17, 15) is 40.3 Å². The van der Waals surface area contributed by atoms with E-state index in [1.165, 1.54) is 54.4 Å². The highest BCUT2D eigenvalue weighted by molar-refractivity contribution is 5.94. The van der Waals surface area contributed by atoms with Crippen LogP contribution in [0.25, 0.3) is 0 Å². The molecule has 2 amide bonds. The minimum atomic E-state index is -5.04. The standard InChI is InChI=1S/C31H25F7N4O3/c1-16(19-8-20(30(33,34)35)10-21(9-19)31(36,37)38)45-26-15-42-25(28(26)17-2-5-22(32)6-3-17)11-24(12-27(42)43)41-29(44)18-4-7-23(13-39)40-14-18/h2-10,14,16,24-26,28H,11-12,15H2,1H3,(H,41,44)/t16-,24?,25?,26+,28?/m1/s1. The second-order valence-electron chi connectivity index (χ2n) is 11.0. The van der Waals surface area contributed by atoms with Crippen molar-refractivity contribution in [2.45, 2.75) is 62.3 Å². The lowest BCUT2D eigenvalue weighted by Gasteiger charge is -2.37. The summed E-state index contributed by atoms with van der Waals surface area (Å²) in [6, 6.07) is 9.99. The molecule has 5 atom stereocenters. The summed E-state index contributed by atoms with van der Waals surface area (Å²) < 4.78 is 101. The number of pyridine rings is 1. The van der Waals surface area contributed by atoms with Gasteiger partial charge in [0.05, 0.1) is 28.9 Å². The third-order valence-corrected chi connectivity index (χ3v) is 8.05. The molecule has 0 radical (unpaired) electrons. The molecule has 2 fully saturated rings. The average molecular weight is 635 g/mol. The summed E-state index contributed by atoms with van der Waals surface area (Å²) in [5.41, 5.74) is -2.49. The first-order chi connectivity index (χ1) is 21.1. The van der Waals surface area contributed by atoms with Gasteiger partial charge in [0.1, 0.15) is 17.6 Å². The van der Waals surface area contributed by atoms with Gasteiger partial charge < -0.3 is 15.0 Å². The number of nitriles is 1. The Morgan fingerprint density at radius 2 is 1.69 bits per heavy atom. The van der Waals surface area contributed by atoms with Gasteiger partial charge in [-0.05, 0) is 66.9 Å². The van der Waals surface area contributed by atoms with Crippen molar-refractivity contribution in [3.05, 3.63) is 100 Å². The SMILES string of the molecule is C[C@@H](O[C@H]1CN2C(=O)CC(NC(=O)c3ccc(C#N)nc3)CC2C1c1ccc(F)cc1)c1cc(C(F)(F)F)cc(C(F)(F)F)c1. The van der Waals surface area contributed by atoms with Crippen molar-refractivity contribution in [2.24, 2.45) is 0 Å². The summed E-state index contributed by atoms with van der Waals surface area (Å²) >= 11 is 0. The van der Waals surface area contributed by atoms with Gasteiger partial charge in [0.2, 0.25) is 5.91 Å². The molecule has 3 aromatic rings. The van der Waals surface area contributed by atoms with E-state index in [1.54, 1.807) is 0 Å². The van der Waals surface area contributed by atoms with Crippen LogP contribution >= 0.6 is 0 Å². The van der Waals surface area contributed by atoms with E-state index in [4.69, 9.17) is 10.00 Å². The molecule has 236 valence electrons. The molecule has 0 saturated carbocycles. The fraction of sp³-hybridized carbons (Fsp3) is 0.355. The highest BCUT2D eigenvalue weighted by Gasteiger charge is 2.49. The van der Waals surface area contributed by atoms with Gasteiger partial charge in [-0.25, -0.2) is 9.37 Å². The number of halogens is 7. The molecule has 2 aromatic carbocycles. The van der Waals surface area contributed by atoms with Crippen LogP contribution in [0.15, 0.2) is 60.8 Å². The number of ether oxygens (including phenoxy) is 1. The number of carbonyl (C=O) groups excluding carboxylic acids is 2. The first-order valence-corrected chi connectivity index (χ1v) is 13.8. The molecule has 0 spiro atoms. The summed E-state index contributed by atoms with van der Waals surface area (Å²) in [5, 5.41) is 11.7. The molecule has 0 bridgehead atoms. The third-order valence-electron chi connectivity index (χ3n) is 8.05. The fourth-order valence-electron chi connectivity index (χ4n) is 5.92. The molecule has 3 heterocycles. The zero-order valence-corrected chi connectivity index (χ0v) is 23.5. The van der Waals surface area contributed by atoms with Crippen molar-refractivity contribution in [3.63, 3.8) is 0 Å². The van der Waals surface area contributed by atoms with Gasteiger partial charge in [0, 0.05) is 37.2 Å². The predicted octanol–water partition coefficient (Wildman–Crippen LogP) is 6.16. The molecule has 0 aliphatic carbocycles. The lowest BCUT2D eigenvalue weighted by molar-refractivity contribution is -0.143. The van der Waals surface area contributed by atoms with E-state index in [1.807, 2.05) is 6.07 Å². The van der Waals surface area contributed by atoms with Crippen LogP contribution < -0.4 is 5.32 Å². The molecule has 3 unspecified atom stereocenters. The highest BCUT2D eigenvalue weighted by atomic mass is 19.4. The number of hydrogen-bond donors (Lipinski definition) is 1. The van der Waals surface area contributed by atoms with Crippen molar-refractivity contribution in [1.82, 2.24) is 15.2 Å². The number of alkyl halides is 6. The fourth-order valence-corrected chi connectivity index (χ4v) is 5.92. The smallest absolute Gasteiger partial charge is 0.368 e. The first-order valence-electron chi connectivity index (χ1n) is 13.8. The molecule has 2 saturated heterocycles. The maximum Gasteiger partial charge on any atom is 0.416 e. The molecular formula is C31H25F7N4O3. The van der Waals surface area contributed by atoms with E-state index >= 15 is 0 Å². The van der Waals surface area contributed by atoms with E-state index in [2.05, 4.69) is 10.3 Å². The lowest BCUT2D eigenvalue weighted by Crippen LogP contribution is -2.51. The molecule has 1 aromatic heterocycles. The largest absolute Gasteiger partial charge is 0.416 e. The Morgan fingerprint density at radius 1 is 1.04 bits per heavy atom. The first kappa shape index (κ1) is 31.9. The summed E-state index contributed by atoms with van der Waals surface area (Å²) in [6.45, 7) is 1.30. The van der Waals surface area contributed by atoms with Crippen LogP contribution in [0.2, 0.25) is 0 Å². The molecule has 5 rings (SSSR count). The Labute approximate surface area is 252 Å². The summed E-state index contributed by atoms with van der Waals surface area (Å²) in [4.78, 5) is 31.6. The Bertz CT molecular complexity index is 1590. The Kier molecular flexibility index (Phi) is 8.59. The number of rotatable bonds is 6. The van der Waals surface area contributed by atoms with Crippen LogP contribution in [-0.2, 0) is 21.9 Å². The number of hydrogen-bond acceptors (Lipinski definition) is 5. The number of fused-ring (bicyclic) bond motifs is 1. The van der Waals surface area contributed by atoms with E-state index in [0.29, 0.717) is 17.7 Å². The number of benzene rings is 2. The second kappa shape index (κ2) is 12.1. The number of aromatic nitrogens is 1. The number of nitrogens with one attached hydrogen (secondary N) is 1. The normalized spacial score (nSPS) is 22.5. The van der Waals surface area contributed by atoms with Gasteiger partial charge >= 0.3 is 12.4 Å². The summed E-state index contributed by atoms with van der Waals surface area (Å²) in [7, 11) is 0. The molecule has 1 N–H and O–H groups in total. The number of amides is 2. The van der Waals surface area contributed by atoms with Gasteiger partial charge in [0.25, 0.3) is 5.91 Å². The van der Waals surface area contributed by atoms with Crippen LogP contribution in [0.4, 0.5) is 30.7 Å². The van der Waals surface area contributed by atoms with E-state index in [-0.39, 0.29) is 48.2 Å². The molecule has 45 heavy (non-hydrogen) atoms.